The summed E-state index contributed by atoms with van der Waals surface area (Å²) in [6, 6.07) is 18.2. The van der Waals surface area contributed by atoms with Gasteiger partial charge in [-0.3, -0.25) is 0 Å². The van der Waals surface area contributed by atoms with Crippen LogP contribution in [-0.4, -0.2) is 31.1 Å². The first-order chi connectivity index (χ1) is 11.7. The Morgan fingerprint density at radius 3 is 2.75 bits per heavy atom. The number of amides is 2. The molecule has 2 aromatic carbocycles. The standard InChI is InChI=1S/C20H24N2O2/c1-22(14-7-15-24-17-9-3-2-4-10-17)20(23)21-19-13-12-16-8-5-6-11-18(16)19/h2-6,8-11,19H,7,12-15H2,1H3,(H,21,23). The first-order valence-electron chi connectivity index (χ1n) is 8.51. The SMILES string of the molecule is CN(CCCOc1ccccc1)C(=O)NC1CCc2ccccc21. The first kappa shape index (κ1) is 16.4. The number of carbonyl (C=O) groups is 1. The monoisotopic (exact) mass is 324 g/mol. The van der Waals surface area contributed by atoms with Crippen molar-refractivity contribution in [2.45, 2.75) is 25.3 Å². The van der Waals surface area contributed by atoms with Crippen molar-refractivity contribution in [2.75, 3.05) is 20.2 Å². The van der Waals surface area contributed by atoms with Gasteiger partial charge in [-0.2, -0.15) is 0 Å². The van der Waals surface area contributed by atoms with Crippen molar-refractivity contribution in [1.82, 2.24) is 10.2 Å². The molecule has 0 spiro atoms. The molecule has 126 valence electrons. The molecule has 1 atom stereocenters. The van der Waals surface area contributed by atoms with Gasteiger partial charge in [0.25, 0.3) is 0 Å². The Morgan fingerprint density at radius 1 is 1.17 bits per heavy atom. The maximum atomic E-state index is 12.3. The minimum absolute atomic E-state index is 0.0172. The Morgan fingerprint density at radius 2 is 1.92 bits per heavy atom. The minimum atomic E-state index is -0.0172. The fourth-order valence-corrected chi connectivity index (χ4v) is 3.08. The number of hydrogen-bond donors (Lipinski definition) is 1. The van der Waals surface area contributed by atoms with Gasteiger partial charge in [0.1, 0.15) is 5.75 Å². The number of benzene rings is 2. The average Bonchev–Trinajstić information content (AvgIpc) is 3.02. The molecule has 0 aliphatic heterocycles. The Bertz CT molecular complexity index is 672. The van der Waals surface area contributed by atoms with Gasteiger partial charge in [-0.25, -0.2) is 4.79 Å². The van der Waals surface area contributed by atoms with Gasteiger partial charge in [-0.1, -0.05) is 42.5 Å². The van der Waals surface area contributed by atoms with E-state index in [2.05, 4.69) is 23.5 Å². The highest BCUT2D eigenvalue weighted by molar-refractivity contribution is 5.74. The lowest BCUT2D eigenvalue weighted by Crippen LogP contribution is -2.39. The number of ether oxygens (including phenoxy) is 1. The number of rotatable bonds is 6. The van der Waals surface area contributed by atoms with Gasteiger partial charge in [0.15, 0.2) is 0 Å². The van der Waals surface area contributed by atoms with Gasteiger partial charge in [0.2, 0.25) is 0 Å². The van der Waals surface area contributed by atoms with Crippen LogP contribution in [0.5, 0.6) is 5.75 Å². The van der Waals surface area contributed by atoms with Crippen LogP contribution in [0, 0.1) is 0 Å². The maximum absolute atomic E-state index is 12.3. The smallest absolute Gasteiger partial charge is 0.317 e. The van der Waals surface area contributed by atoms with Crippen LogP contribution in [0.2, 0.25) is 0 Å². The number of nitrogens with one attached hydrogen (secondary N) is 1. The fraction of sp³-hybridized carbons (Fsp3) is 0.350. The van der Waals surface area contributed by atoms with Crippen molar-refractivity contribution in [2.24, 2.45) is 0 Å². The predicted octanol–water partition coefficient (Wildman–Crippen LogP) is 3.78. The van der Waals surface area contributed by atoms with Crippen LogP contribution >= 0.6 is 0 Å². The van der Waals surface area contributed by atoms with Gasteiger partial charge in [-0.05, 0) is 42.5 Å². The lowest BCUT2D eigenvalue weighted by atomic mass is 10.1. The zero-order valence-corrected chi connectivity index (χ0v) is 14.1. The molecule has 0 bridgehead atoms. The van der Waals surface area contributed by atoms with Crippen molar-refractivity contribution in [3.05, 3.63) is 65.7 Å². The molecule has 1 aliphatic carbocycles. The molecule has 2 aromatic rings. The molecule has 0 heterocycles. The van der Waals surface area contributed by atoms with E-state index in [0.717, 1.165) is 25.0 Å². The Kier molecular flexibility index (Phi) is 5.36. The molecule has 0 fully saturated rings. The minimum Gasteiger partial charge on any atom is -0.494 e. The number of aryl methyl sites for hydroxylation is 1. The molecule has 4 nitrogen and oxygen atoms in total. The molecule has 0 saturated heterocycles. The number of para-hydroxylation sites is 1. The van der Waals surface area contributed by atoms with E-state index in [0.29, 0.717) is 13.2 Å². The lowest BCUT2D eigenvalue weighted by Gasteiger charge is -2.21. The van der Waals surface area contributed by atoms with Crippen LogP contribution in [-0.2, 0) is 6.42 Å². The van der Waals surface area contributed by atoms with Crippen LogP contribution in [0.1, 0.15) is 30.0 Å². The average molecular weight is 324 g/mol. The summed E-state index contributed by atoms with van der Waals surface area (Å²) in [5.74, 6) is 0.868. The van der Waals surface area contributed by atoms with Crippen molar-refractivity contribution in [3.63, 3.8) is 0 Å². The Labute approximate surface area is 143 Å². The van der Waals surface area contributed by atoms with Crippen LogP contribution in [0.15, 0.2) is 54.6 Å². The molecule has 3 rings (SSSR count). The molecule has 24 heavy (non-hydrogen) atoms. The summed E-state index contributed by atoms with van der Waals surface area (Å²) in [5, 5.41) is 3.14. The zero-order chi connectivity index (χ0) is 16.8. The summed E-state index contributed by atoms with van der Waals surface area (Å²) in [7, 11) is 1.83. The molecule has 0 saturated carbocycles. The molecule has 0 aromatic heterocycles. The fourth-order valence-electron chi connectivity index (χ4n) is 3.08. The second-order valence-corrected chi connectivity index (χ2v) is 6.18. The third kappa shape index (κ3) is 4.07. The summed E-state index contributed by atoms with van der Waals surface area (Å²) in [6.45, 7) is 1.28. The van der Waals surface area contributed by atoms with Gasteiger partial charge in [0.05, 0.1) is 12.6 Å². The highest BCUT2D eigenvalue weighted by Gasteiger charge is 2.24. The number of fused-ring (bicyclic) bond motifs is 1. The molecule has 1 unspecified atom stereocenters. The molecule has 2 amide bonds. The number of nitrogens with zero attached hydrogens (tertiary/aromatic N) is 1. The second kappa shape index (κ2) is 7.86. The predicted molar refractivity (Wildman–Crippen MR) is 95.2 cm³/mol. The maximum Gasteiger partial charge on any atom is 0.317 e. The summed E-state index contributed by atoms with van der Waals surface area (Å²) < 4.78 is 5.66. The second-order valence-electron chi connectivity index (χ2n) is 6.18. The van der Waals surface area contributed by atoms with Crippen molar-refractivity contribution in [3.8, 4) is 5.75 Å². The topological polar surface area (TPSA) is 41.6 Å². The van der Waals surface area contributed by atoms with Gasteiger partial charge in [0, 0.05) is 13.6 Å². The largest absolute Gasteiger partial charge is 0.494 e. The highest BCUT2D eigenvalue weighted by atomic mass is 16.5. The number of urea groups is 1. The van der Waals surface area contributed by atoms with Crippen LogP contribution < -0.4 is 10.1 Å². The summed E-state index contributed by atoms with van der Waals surface area (Å²) in [5.41, 5.74) is 2.60. The summed E-state index contributed by atoms with van der Waals surface area (Å²) in [4.78, 5) is 14.1. The first-order valence-corrected chi connectivity index (χ1v) is 8.51. The van der Waals surface area contributed by atoms with Crippen LogP contribution in [0.4, 0.5) is 4.79 Å². The van der Waals surface area contributed by atoms with E-state index in [-0.39, 0.29) is 12.1 Å². The van der Waals surface area contributed by atoms with E-state index >= 15 is 0 Å². The lowest BCUT2D eigenvalue weighted by molar-refractivity contribution is 0.199. The third-order valence-corrected chi connectivity index (χ3v) is 4.43. The summed E-state index contributed by atoms with van der Waals surface area (Å²) in [6.07, 6.45) is 2.83. The molecule has 0 radical (unpaired) electrons. The van der Waals surface area contributed by atoms with Crippen LogP contribution in [0.3, 0.4) is 0 Å². The van der Waals surface area contributed by atoms with Gasteiger partial charge >= 0.3 is 6.03 Å². The van der Waals surface area contributed by atoms with E-state index in [1.807, 2.05) is 43.4 Å². The van der Waals surface area contributed by atoms with E-state index < -0.39 is 0 Å². The van der Waals surface area contributed by atoms with E-state index in [1.54, 1.807) is 4.90 Å². The molecule has 1 N–H and O–H groups in total. The summed E-state index contributed by atoms with van der Waals surface area (Å²) >= 11 is 0. The van der Waals surface area contributed by atoms with E-state index in [9.17, 15) is 4.79 Å². The van der Waals surface area contributed by atoms with Crippen molar-refractivity contribution in [1.29, 1.82) is 0 Å². The molecular formula is C20H24N2O2. The van der Waals surface area contributed by atoms with Crippen molar-refractivity contribution < 1.29 is 9.53 Å². The van der Waals surface area contributed by atoms with Gasteiger partial charge in [-0.15, -0.1) is 0 Å². The molecular weight excluding hydrogens is 300 g/mol. The highest BCUT2D eigenvalue weighted by Crippen LogP contribution is 2.30. The van der Waals surface area contributed by atoms with E-state index in [4.69, 9.17) is 4.74 Å². The molecule has 4 heteroatoms. The van der Waals surface area contributed by atoms with Crippen LogP contribution in [0.25, 0.3) is 0 Å². The number of carbonyl (C=O) groups excluding carboxylic acids is 1. The Balaban J connectivity index is 1.41. The van der Waals surface area contributed by atoms with Gasteiger partial charge < -0.3 is 15.0 Å². The zero-order valence-electron chi connectivity index (χ0n) is 14.1. The Hall–Kier alpha value is -2.49. The third-order valence-electron chi connectivity index (χ3n) is 4.43. The normalized spacial score (nSPS) is 15.6. The molecule has 1 aliphatic rings. The van der Waals surface area contributed by atoms with E-state index in [1.165, 1.54) is 11.1 Å². The van der Waals surface area contributed by atoms with Crippen molar-refractivity contribution >= 4 is 6.03 Å². The quantitative estimate of drug-likeness (QED) is 0.822. The number of hydrogen-bond acceptors (Lipinski definition) is 2.